The molecule has 0 aliphatic carbocycles. The molecule has 0 aliphatic rings. The first-order valence-electron chi connectivity index (χ1n) is 7.77. The molecule has 0 N–H and O–H groups in total. The standard InChI is InChI=1S/C16H17N7OS/c1-12-14(22-16(18-19-20-22)25-11-7-6-10-17)15(24)23(21(12)2)13-8-4-3-5-9-13/h3-5,8-9H,6-7,11H2,1-2H3. The summed E-state index contributed by atoms with van der Waals surface area (Å²) in [6.07, 6.45) is 1.23. The molecule has 0 unspecified atom stereocenters. The van der Waals surface area contributed by atoms with Crippen molar-refractivity contribution in [3.8, 4) is 17.4 Å². The van der Waals surface area contributed by atoms with Gasteiger partial charge in [-0.05, 0) is 35.9 Å². The number of aromatic nitrogens is 6. The third-order valence-corrected chi connectivity index (χ3v) is 4.85. The summed E-state index contributed by atoms with van der Waals surface area (Å²) in [6, 6.07) is 11.5. The number of tetrazole rings is 1. The number of rotatable bonds is 6. The Bertz CT molecular complexity index is 965. The lowest BCUT2D eigenvalue weighted by molar-refractivity contribution is 0.630. The lowest BCUT2D eigenvalue weighted by Gasteiger charge is -2.07. The van der Waals surface area contributed by atoms with Crippen molar-refractivity contribution in [3.05, 3.63) is 46.4 Å². The van der Waals surface area contributed by atoms with Crippen LogP contribution in [0.3, 0.4) is 0 Å². The fourth-order valence-electron chi connectivity index (χ4n) is 2.52. The Hall–Kier alpha value is -2.86. The minimum absolute atomic E-state index is 0.183. The molecule has 25 heavy (non-hydrogen) atoms. The van der Waals surface area contributed by atoms with Crippen LogP contribution in [0.25, 0.3) is 11.4 Å². The topological polar surface area (TPSA) is 94.3 Å². The molecule has 0 spiro atoms. The van der Waals surface area contributed by atoms with E-state index in [9.17, 15) is 4.79 Å². The molecule has 0 saturated heterocycles. The van der Waals surface area contributed by atoms with Crippen molar-refractivity contribution in [3.63, 3.8) is 0 Å². The van der Waals surface area contributed by atoms with Gasteiger partial charge in [0, 0.05) is 19.2 Å². The molecule has 2 heterocycles. The van der Waals surface area contributed by atoms with Crippen molar-refractivity contribution in [1.29, 1.82) is 5.26 Å². The Morgan fingerprint density at radius 3 is 2.76 bits per heavy atom. The SMILES string of the molecule is Cc1c(-n2nnnc2SCCCC#N)c(=O)n(-c2ccccc2)n1C. The van der Waals surface area contributed by atoms with E-state index in [2.05, 4.69) is 21.6 Å². The normalized spacial score (nSPS) is 10.8. The van der Waals surface area contributed by atoms with Gasteiger partial charge in [0.05, 0.1) is 17.5 Å². The molecule has 0 fully saturated rings. The molecule has 128 valence electrons. The third-order valence-electron chi connectivity index (χ3n) is 3.84. The summed E-state index contributed by atoms with van der Waals surface area (Å²) in [5.74, 6) is 0.715. The molecule has 0 atom stereocenters. The van der Waals surface area contributed by atoms with Crippen LogP contribution in [0.15, 0.2) is 40.3 Å². The summed E-state index contributed by atoms with van der Waals surface area (Å²) in [6.45, 7) is 1.86. The quantitative estimate of drug-likeness (QED) is 0.495. The summed E-state index contributed by atoms with van der Waals surface area (Å²) >= 11 is 1.44. The van der Waals surface area contributed by atoms with Gasteiger partial charge in [-0.1, -0.05) is 30.0 Å². The summed E-state index contributed by atoms with van der Waals surface area (Å²) in [5.41, 5.74) is 1.79. The molecule has 0 bridgehead atoms. The highest BCUT2D eigenvalue weighted by Gasteiger charge is 2.21. The highest BCUT2D eigenvalue weighted by Crippen LogP contribution is 2.20. The monoisotopic (exact) mass is 355 g/mol. The molecule has 0 aliphatic heterocycles. The van der Waals surface area contributed by atoms with Gasteiger partial charge in [-0.2, -0.15) is 9.94 Å². The second kappa shape index (κ2) is 7.36. The average Bonchev–Trinajstić information content (AvgIpc) is 3.15. The first-order valence-corrected chi connectivity index (χ1v) is 8.76. The largest absolute Gasteiger partial charge is 0.297 e. The van der Waals surface area contributed by atoms with Crippen molar-refractivity contribution in [1.82, 2.24) is 29.6 Å². The molecule has 3 aromatic rings. The lowest BCUT2D eigenvalue weighted by Crippen LogP contribution is -2.22. The fraction of sp³-hybridized carbons (Fsp3) is 0.312. The number of nitrogens with zero attached hydrogens (tertiary/aromatic N) is 7. The number of para-hydroxylation sites is 1. The molecule has 2 aromatic heterocycles. The van der Waals surface area contributed by atoms with Crippen LogP contribution < -0.4 is 5.56 Å². The van der Waals surface area contributed by atoms with Crippen LogP contribution in [0.1, 0.15) is 18.5 Å². The van der Waals surface area contributed by atoms with Crippen LogP contribution in [-0.2, 0) is 7.05 Å². The van der Waals surface area contributed by atoms with E-state index in [-0.39, 0.29) is 5.56 Å². The maximum Gasteiger partial charge on any atom is 0.297 e. The van der Waals surface area contributed by atoms with Crippen molar-refractivity contribution < 1.29 is 0 Å². The number of benzene rings is 1. The van der Waals surface area contributed by atoms with E-state index < -0.39 is 0 Å². The number of thioether (sulfide) groups is 1. The number of unbranched alkanes of at least 4 members (excludes halogenated alkanes) is 1. The Morgan fingerprint density at radius 2 is 2.04 bits per heavy atom. The number of hydrogen-bond acceptors (Lipinski definition) is 6. The van der Waals surface area contributed by atoms with Gasteiger partial charge in [-0.3, -0.25) is 9.48 Å². The zero-order valence-electron chi connectivity index (χ0n) is 14.0. The molecular formula is C16H17N7OS. The van der Waals surface area contributed by atoms with E-state index in [1.165, 1.54) is 16.4 Å². The van der Waals surface area contributed by atoms with Gasteiger partial charge in [0.15, 0.2) is 5.69 Å². The van der Waals surface area contributed by atoms with Crippen LogP contribution >= 0.6 is 11.8 Å². The van der Waals surface area contributed by atoms with Crippen molar-refractivity contribution in [2.75, 3.05) is 5.75 Å². The van der Waals surface area contributed by atoms with Gasteiger partial charge >= 0.3 is 0 Å². The highest BCUT2D eigenvalue weighted by molar-refractivity contribution is 7.99. The summed E-state index contributed by atoms with van der Waals surface area (Å²) in [7, 11) is 1.83. The van der Waals surface area contributed by atoms with E-state index >= 15 is 0 Å². The smallest absolute Gasteiger partial charge is 0.283 e. The first-order chi connectivity index (χ1) is 12.1. The van der Waals surface area contributed by atoms with E-state index in [1.54, 1.807) is 9.36 Å². The highest BCUT2D eigenvalue weighted by atomic mass is 32.2. The molecule has 0 saturated carbocycles. The second-order valence-electron chi connectivity index (χ2n) is 5.39. The lowest BCUT2D eigenvalue weighted by atomic mass is 10.3. The zero-order chi connectivity index (χ0) is 17.8. The third kappa shape index (κ3) is 3.21. The van der Waals surface area contributed by atoms with E-state index in [1.807, 2.05) is 44.3 Å². The Morgan fingerprint density at radius 1 is 1.28 bits per heavy atom. The van der Waals surface area contributed by atoms with Gasteiger partial charge < -0.3 is 0 Å². The molecule has 0 amide bonds. The van der Waals surface area contributed by atoms with Gasteiger partial charge in [0.1, 0.15) is 0 Å². The van der Waals surface area contributed by atoms with Crippen molar-refractivity contribution >= 4 is 11.8 Å². The van der Waals surface area contributed by atoms with Gasteiger partial charge in [0.2, 0.25) is 5.16 Å². The molecular weight excluding hydrogens is 338 g/mol. The molecule has 9 heteroatoms. The minimum atomic E-state index is -0.183. The van der Waals surface area contributed by atoms with Gasteiger partial charge in [0.25, 0.3) is 5.56 Å². The fourth-order valence-corrected chi connectivity index (χ4v) is 3.34. The van der Waals surface area contributed by atoms with Gasteiger partial charge in [-0.25, -0.2) is 4.68 Å². The zero-order valence-corrected chi connectivity index (χ0v) is 14.8. The first kappa shape index (κ1) is 17.0. The minimum Gasteiger partial charge on any atom is -0.283 e. The molecule has 0 radical (unpaired) electrons. The Kier molecular flexibility index (Phi) is 5.00. The maximum absolute atomic E-state index is 13.0. The Balaban J connectivity index is 2.02. The van der Waals surface area contributed by atoms with E-state index in [0.29, 0.717) is 23.0 Å². The number of nitriles is 1. The van der Waals surface area contributed by atoms with E-state index in [0.717, 1.165) is 17.8 Å². The predicted octanol–water partition coefficient (Wildman–Crippen LogP) is 1.86. The van der Waals surface area contributed by atoms with Crippen LogP contribution in [0.5, 0.6) is 0 Å². The molecule has 1 aromatic carbocycles. The van der Waals surface area contributed by atoms with E-state index in [4.69, 9.17) is 5.26 Å². The van der Waals surface area contributed by atoms with Crippen molar-refractivity contribution in [2.45, 2.75) is 24.9 Å². The predicted molar refractivity (Wildman–Crippen MR) is 94.0 cm³/mol. The van der Waals surface area contributed by atoms with Crippen molar-refractivity contribution in [2.24, 2.45) is 7.05 Å². The number of hydrogen-bond donors (Lipinski definition) is 0. The van der Waals surface area contributed by atoms with Crippen LogP contribution in [0.2, 0.25) is 0 Å². The van der Waals surface area contributed by atoms with Gasteiger partial charge in [-0.15, -0.1) is 5.10 Å². The van der Waals surface area contributed by atoms with Crippen LogP contribution in [-0.4, -0.2) is 35.3 Å². The maximum atomic E-state index is 13.0. The average molecular weight is 355 g/mol. The van der Waals surface area contributed by atoms with Crippen LogP contribution in [0, 0.1) is 18.3 Å². The summed E-state index contributed by atoms with van der Waals surface area (Å²) in [4.78, 5) is 13.0. The summed E-state index contributed by atoms with van der Waals surface area (Å²) < 4.78 is 4.86. The molecule has 3 rings (SSSR count). The Labute approximate surface area is 148 Å². The summed E-state index contributed by atoms with van der Waals surface area (Å²) in [5, 5.41) is 20.9. The van der Waals surface area contributed by atoms with Crippen LogP contribution in [0.4, 0.5) is 0 Å². The second-order valence-corrected chi connectivity index (χ2v) is 6.46. The molecule has 8 nitrogen and oxygen atoms in total.